The summed E-state index contributed by atoms with van der Waals surface area (Å²) in [5.74, 6) is -1.23. The van der Waals surface area contributed by atoms with Gasteiger partial charge in [0.25, 0.3) is 0 Å². The van der Waals surface area contributed by atoms with Crippen LogP contribution in [0.1, 0.15) is 12.0 Å². The largest absolute Gasteiger partial charge is 0.370 e. The van der Waals surface area contributed by atoms with Crippen molar-refractivity contribution in [3.05, 3.63) is 29.8 Å². The third-order valence-electron chi connectivity index (χ3n) is 3.30. The number of hydrogen-bond donors (Lipinski definition) is 2. The number of nitrogens with zero attached hydrogens (tertiary/aromatic N) is 1. The van der Waals surface area contributed by atoms with E-state index < -0.39 is 27.9 Å². The van der Waals surface area contributed by atoms with Gasteiger partial charge in [-0.25, -0.2) is 8.42 Å². The zero-order chi connectivity index (χ0) is 15.6. The van der Waals surface area contributed by atoms with Crippen LogP contribution in [-0.4, -0.2) is 43.7 Å². The van der Waals surface area contributed by atoms with Crippen molar-refractivity contribution in [2.24, 2.45) is 5.73 Å². The summed E-state index contributed by atoms with van der Waals surface area (Å²) in [5, 5.41) is 2.55. The topological polar surface area (TPSA) is 110 Å². The van der Waals surface area contributed by atoms with Gasteiger partial charge in [0.1, 0.15) is 6.04 Å². The van der Waals surface area contributed by atoms with Gasteiger partial charge in [0.2, 0.25) is 21.8 Å². The van der Waals surface area contributed by atoms with Crippen LogP contribution in [0.4, 0.5) is 0 Å². The van der Waals surface area contributed by atoms with Crippen LogP contribution in [-0.2, 0) is 19.6 Å². The van der Waals surface area contributed by atoms with Crippen LogP contribution in [0.5, 0.6) is 0 Å². The summed E-state index contributed by atoms with van der Waals surface area (Å²) in [5.41, 5.74) is 6.04. The van der Waals surface area contributed by atoms with Crippen molar-refractivity contribution in [2.75, 3.05) is 13.1 Å². The van der Waals surface area contributed by atoms with Gasteiger partial charge in [0, 0.05) is 13.1 Å². The van der Waals surface area contributed by atoms with E-state index in [1.807, 2.05) is 6.92 Å². The van der Waals surface area contributed by atoms with Crippen LogP contribution in [0.25, 0.3) is 0 Å². The van der Waals surface area contributed by atoms with Crippen LogP contribution in [0, 0.1) is 6.92 Å². The molecule has 0 radical (unpaired) electrons. The minimum absolute atomic E-state index is 0.0947. The Hall–Kier alpha value is -1.93. The number of benzene rings is 1. The fourth-order valence-electron chi connectivity index (χ4n) is 2.21. The molecule has 1 atom stereocenters. The van der Waals surface area contributed by atoms with Gasteiger partial charge in [-0.2, -0.15) is 4.31 Å². The first kappa shape index (κ1) is 15.5. The number of hydrogen-bond acceptors (Lipinski definition) is 4. The van der Waals surface area contributed by atoms with E-state index in [0.717, 1.165) is 9.87 Å². The number of amides is 2. The Kier molecular flexibility index (Phi) is 4.29. The summed E-state index contributed by atoms with van der Waals surface area (Å²) in [6.07, 6.45) is -0.336. The minimum atomic E-state index is -3.84. The number of carbonyl (C=O) groups excluding carboxylic acids is 2. The number of nitrogens with two attached hydrogens (primary N) is 1. The molecule has 1 aromatic rings. The SMILES string of the molecule is Cc1ccc(S(=O)(=O)N2CCNC(=O)[C@@H]2CC(N)=O)cc1. The fourth-order valence-corrected chi connectivity index (χ4v) is 3.80. The molecule has 114 valence electrons. The van der Waals surface area contributed by atoms with Gasteiger partial charge in [0.05, 0.1) is 11.3 Å². The maximum atomic E-state index is 12.6. The molecule has 0 saturated carbocycles. The monoisotopic (exact) mass is 311 g/mol. The van der Waals surface area contributed by atoms with E-state index in [1.54, 1.807) is 12.1 Å². The number of sulfonamides is 1. The first-order valence-corrected chi connectivity index (χ1v) is 7.91. The Labute approximate surface area is 123 Å². The molecule has 1 fully saturated rings. The van der Waals surface area contributed by atoms with Gasteiger partial charge < -0.3 is 11.1 Å². The summed E-state index contributed by atoms with van der Waals surface area (Å²) in [7, 11) is -3.84. The van der Waals surface area contributed by atoms with Crippen molar-refractivity contribution in [3.8, 4) is 0 Å². The predicted molar refractivity (Wildman–Crippen MR) is 75.7 cm³/mol. The summed E-state index contributed by atoms with van der Waals surface area (Å²) in [6, 6.07) is 5.24. The minimum Gasteiger partial charge on any atom is -0.370 e. The Balaban J connectivity index is 2.38. The molecule has 0 unspecified atom stereocenters. The highest BCUT2D eigenvalue weighted by Gasteiger charge is 2.39. The molecular weight excluding hydrogens is 294 g/mol. The van der Waals surface area contributed by atoms with E-state index in [2.05, 4.69) is 5.32 Å². The van der Waals surface area contributed by atoms with Crippen molar-refractivity contribution in [1.82, 2.24) is 9.62 Å². The number of primary amides is 1. The molecule has 7 nitrogen and oxygen atoms in total. The molecule has 0 bridgehead atoms. The molecule has 1 aromatic carbocycles. The molecule has 1 heterocycles. The van der Waals surface area contributed by atoms with Crippen molar-refractivity contribution < 1.29 is 18.0 Å². The molecule has 0 aromatic heterocycles. The summed E-state index contributed by atoms with van der Waals surface area (Å²) >= 11 is 0. The van der Waals surface area contributed by atoms with Crippen LogP contribution >= 0.6 is 0 Å². The van der Waals surface area contributed by atoms with Crippen LogP contribution < -0.4 is 11.1 Å². The van der Waals surface area contributed by atoms with Crippen LogP contribution in [0.2, 0.25) is 0 Å². The first-order chi connectivity index (χ1) is 9.82. The maximum Gasteiger partial charge on any atom is 0.243 e. The molecule has 1 aliphatic rings. The van der Waals surface area contributed by atoms with Gasteiger partial charge in [-0.15, -0.1) is 0 Å². The molecule has 1 aliphatic heterocycles. The van der Waals surface area contributed by atoms with E-state index in [9.17, 15) is 18.0 Å². The zero-order valence-electron chi connectivity index (χ0n) is 11.6. The highest BCUT2D eigenvalue weighted by atomic mass is 32.2. The Bertz CT molecular complexity index is 654. The second-order valence-corrected chi connectivity index (χ2v) is 6.80. The van der Waals surface area contributed by atoms with Crippen molar-refractivity contribution in [1.29, 1.82) is 0 Å². The number of carbonyl (C=O) groups is 2. The lowest BCUT2D eigenvalue weighted by Gasteiger charge is -2.33. The molecule has 2 amide bonds. The molecule has 2 rings (SSSR count). The molecule has 1 saturated heterocycles. The summed E-state index contributed by atoms with van der Waals surface area (Å²) < 4.78 is 26.3. The normalized spacial score (nSPS) is 20.0. The van der Waals surface area contributed by atoms with Gasteiger partial charge in [-0.1, -0.05) is 17.7 Å². The molecular formula is C13H17N3O4S. The van der Waals surface area contributed by atoms with Gasteiger partial charge in [0.15, 0.2) is 0 Å². The average molecular weight is 311 g/mol. The van der Waals surface area contributed by atoms with Gasteiger partial charge in [-0.05, 0) is 19.1 Å². The summed E-state index contributed by atoms with van der Waals surface area (Å²) in [6.45, 7) is 2.17. The van der Waals surface area contributed by atoms with Gasteiger partial charge >= 0.3 is 0 Å². The second kappa shape index (κ2) is 5.82. The Morgan fingerprint density at radius 3 is 2.57 bits per heavy atom. The standard InChI is InChI=1S/C13H17N3O4S/c1-9-2-4-10(5-3-9)21(19,20)16-7-6-15-13(18)11(16)8-12(14)17/h2-5,11H,6-8H2,1H3,(H2,14,17)(H,15,18)/t11-/m0/s1. The number of piperazine rings is 1. The number of rotatable bonds is 4. The predicted octanol–water partition coefficient (Wildman–Crippen LogP) is -0.640. The molecule has 0 spiro atoms. The number of aryl methyl sites for hydroxylation is 1. The van der Waals surface area contributed by atoms with E-state index in [-0.39, 0.29) is 24.4 Å². The lowest BCUT2D eigenvalue weighted by atomic mass is 10.1. The van der Waals surface area contributed by atoms with E-state index in [4.69, 9.17) is 5.73 Å². The van der Waals surface area contributed by atoms with E-state index >= 15 is 0 Å². The van der Waals surface area contributed by atoms with Crippen LogP contribution in [0.15, 0.2) is 29.2 Å². The maximum absolute atomic E-state index is 12.6. The first-order valence-electron chi connectivity index (χ1n) is 6.47. The lowest BCUT2D eigenvalue weighted by molar-refractivity contribution is -0.130. The van der Waals surface area contributed by atoms with E-state index in [1.165, 1.54) is 12.1 Å². The molecule has 8 heteroatoms. The second-order valence-electron chi connectivity index (χ2n) is 4.91. The number of nitrogens with one attached hydrogen (secondary N) is 1. The fraction of sp³-hybridized carbons (Fsp3) is 0.385. The highest BCUT2D eigenvalue weighted by molar-refractivity contribution is 7.89. The quantitative estimate of drug-likeness (QED) is 0.770. The zero-order valence-corrected chi connectivity index (χ0v) is 12.4. The highest BCUT2D eigenvalue weighted by Crippen LogP contribution is 2.21. The van der Waals surface area contributed by atoms with Crippen LogP contribution in [0.3, 0.4) is 0 Å². The van der Waals surface area contributed by atoms with E-state index in [0.29, 0.717) is 0 Å². The summed E-state index contributed by atoms with van der Waals surface area (Å²) in [4.78, 5) is 23.0. The van der Waals surface area contributed by atoms with Crippen molar-refractivity contribution in [2.45, 2.75) is 24.3 Å². The lowest BCUT2D eigenvalue weighted by Crippen LogP contribution is -2.58. The smallest absolute Gasteiger partial charge is 0.243 e. The van der Waals surface area contributed by atoms with Crippen molar-refractivity contribution >= 4 is 21.8 Å². The average Bonchev–Trinajstić information content (AvgIpc) is 2.41. The Morgan fingerprint density at radius 1 is 1.38 bits per heavy atom. The van der Waals surface area contributed by atoms with Crippen molar-refractivity contribution in [3.63, 3.8) is 0 Å². The third-order valence-corrected chi connectivity index (χ3v) is 5.23. The molecule has 21 heavy (non-hydrogen) atoms. The molecule has 3 N–H and O–H groups in total. The molecule has 0 aliphatic carbocycles. The Morgan fingerprint density at radius 2 is 2.00 bits per heavy atom. The third kappa shape index (κ3) is 3.22. The van der Waals surface area contributed by atoms with Gasteiger partial charge in [-0.3, -0.25) is 9.59 Å².